The van der Waals surface area contributed by atoms with Crippen molar-refractivity contribution in [3.8, 4) is 0 Å². The minimum atomic E-state index is -3.51. The van der Waals surface area contributed by atoms with Crippen molar-refractivity contribution >= 4 is 22.1 Å². The maximum absolute atomic E-state index is 12.4. The summed E-state index contributed by atoms with van der Waals surface area (Å²) in [5.74, 6) is -1.04. The Morgan fingerprint density at radius 2 is 1.85 bits per heavy atom. The van der Waals surface area contributed by atoms with Crippen LogP contribution in [0.5, 0.6) is 0 Å². The highest BCUT2D eigenvalue weighted by Crippen LogP contribution is 2.18. The average Bonchev–Trinajstić information content (AvgIpc) is 2.36. The van der Waals surface area contributed by atoms with Gasteiger partial charge in [0.15, 0.2) is 0 Å². The van der Waals surface area contributed by atoms with Crippen LogP contribution in [0.2, 0.25) is 0 Å². The molecule has 0 saturated heterocycles. The molecule has 0 bridgehead atoms. The van der Waals surface area contributed by atoms with Gasteiger partial charge in [-0.1, -0.05) is 19.1 Å². The largest absolute Gasteiger partial charge is 0.478 e. The third kappa shape index (κ3) is 3.91. The third-order valence-corrected chi connectivity index (χ3v) is 4.96. The van der Waals surface area contributed by atoms with Crippen molar-refractivity contribution in [2.45, 2.75) is 31.7 Å². The number of sulfonamides is 1. The molecular weight excluding hydrogens is 278 g/mol. The van der Waals surface area contributed by atoms with Gasteiger partial charge in [0.25, 0.3) is 0 Å². The van der Waals surface area contributed by atoms with Gasteiger partial charge < -0.3 is 5.11 Å². The summed E-state index contributed by atoms with van der Waals surface area (Å²) >= 11 is 0. The van der Waals surface area contributed by atoms with Gasteiger partial charge in [-0.25, -0.2) is 13.2 Å². The first-order chi connectivity index (χ1) is 9.28. The van der Waals surface area contributed by atoms with E-state index in [0.717, 1.165) is 6.08 Å². The Kier molecular flexibility index (Phi) is 5.47. The fourth-order valence-electron chi connectivity index (χ4n) is 1.87. The standard InChI is InChI=1S/C14H19NO4S/c1-4-15(11(2)3)20(18,19)13-8-5-12(6-9-13)7-10-14(16)17/h5-11H,4H2,1-3H3,(H,16,17)/b10-7+. The van der Waals surface area contributed by atoms with Gasteiger partial charge in [-0.05, 0) is 37.6 Å². The molecule has 0 atom stereocenters. The fraction of sp³-hybridized carbons (Fsp3) is 0.357. The number of carbonyl (C=O) groups is 1. The predicted octanol–water partition coefficient (Wildman–Crippen LogP) is 2.20. The minimum Gasteiger partial charge on any atom is -0.478 e. The lowest BCUT2D eigenvalue weighted by Crippen LogP contribution is -2.36. The van der Waals surface area contributed by atoms with E-state index in [9.17, 15) is 13.2 Å². The zero-order valence-electron chi connectivity index (χ0n) is 11.8. The van der Waals surface area contributed by atoms with Gasteiger partial charge in [0.05, 0.1) is 4.90 Å². The Bertz CT molecular complexity index is 588. The van der Waals surface area contributed by atoms with E-state index in [1.165, 1.54) is 22.5 Å². The number of aliphatic carboxylic acids is 1. The van der Waals surface area contributed by atoms with Crippen molar-refractivity contribution in [1.82, 2.24) is 4.31 Å². The molecule has 1 rings (SSSR count). The summed E-state index contributed by atoms with van der Waals surface area (Å²) in [7, 11) is -3.51. The molecule has 0 unspecified atom stereocenters. The normalized spacial score (nSPS) is 12.4. The highest BCUT2D eigenvalue weighted by atomic mass is 32.2. The summed E-state index contributed by atoms with van der Waals surface area (Å²) < 4.78 is 26.2. The summed E-state index contributed by atoms with van der Waals surface area (Å²) in [4.78, 5) is 10.6. The molecule has 0 heterocycles. The Morgan fingerprint density at radius 3 is 2.25 bits per heavy atom. The Labute approximate surface area is 119 Å². The van der Waals surface area contributed by atoms with E-state index in [4.69, 9.17) is 5.11 Å². The van der Waals surface area contributed by atoms with Gasteiger partial charge in [-0.3, -0.25) is 0 Å². The van der Waals surface area contributed by atoms with Crippen LogP contribution in [-0.4, -0.2) is 36.4 Å². The van der Waals surface area contributed by atoms with E-state index in [2.05, 4.69) is 0 Å². The van der Waals surface area contributed by atoms with Crippen LogP contribution < -0.4 is 0 Å². The molecule has 0 aliphatic rings. The summed E-state index contributed by atoms with van der Waals surface area (Å²) in [6.07, 6.45) is 2.43. The minimum absolute atomic E-state index is 0.114. The van der Waals surface area contributed by atoms with E-state index in [-0.39, 0.29) is 10.9 Å². The molecule has 1 aromatic rings. The maximum Gasteiger partial charge on any atom is 0.328 e. The average molecular weight is 297 g/mol. The number of nitrogens with zero attached hydrogens (tertiary/aromatic N) is 1. The van der Waals surface area contributed by atoms with Crippen molar-refractivity contribution < 1.29 is 18.3 Å². The van der Waals surface area contributed by atoms with Crippen molar-refractivity contribution in [3.05, 3.63) is 35.9 Å². The second kappa shape index (κ2) is 6.67. The van der Waals surface area contributed by atoms with Gasteiger partial charge in [0, 0.05) is 18.7 Å². The van der Waals surface area contributed by atoms with Crippen molar-refractivity contribution in [2.75, 3.05) is 6.54 Å². The number of carboxylic acids is 1. The first kappa shape index (κ1) is 16.4. The molecule has 6 heteroatoms. The molecule has 0 radical (unpaired) electrons. The molecule has 20 heavy (non-hydrogen) atoms. The lowest BCUT2D eigenvalue weighted by atomic mass is 10.2. The second-order valence-electron chi connectivity index (χ2n) is 4.54. The Morgan fingerprint density at radius 1 is 1.30 bits per heavy atom. The topological polar surface area (TPSA) is 74.7 Å². The number of benzene rings is 1. The summed E-state index contributed by atoms with van der Waals surface area (Å²) in [6, 6.07) is 6.03. The van der Waals surface area contributed by atoms with Crippen LogP contribution in [-0.2, 0) is 14.8 Å². The van der Waals surface area contributed by atoms with Gasteiger partial charge in [-0.15, -0.1) is 0 Å². The monoisotopic (exact) mass is 297 g/mol. The Balaban J connectivity index is 3.06. The highest BCUT2D eigenvalue weighted by molar-refractivity contribution is 7.89. The molecule has 0 amide bonds. The number of carboxylic acid groups (broad SMARTS) is 1. The van der Waals surface area contributed by atoms with Gasteiger partial charge in [0.1, 0.15) is 0 Å². The Hall–Kier alpha value is -1.66. The SMILES string of the molecule is CCN(C(C)C)S(=O)(=O)c1ccc(/C=C/C(=O)O)cc1. The van der Waals surface area contributed by atoms with Crippen LogP contribution in [0.25, 0.3) is 6.08 Å². The number of hydrogen-bond donors (Lipinski definition) is 1. The van der Waals surface area contributed by atoms with E-state index < -0.39 is 16.0 Å². The van der Waals surface area contributed by atoms with Gasteiger partial charge in [0.2, 0.25) is 10.0 Å². The molecule has 0 aliphatic carbocycles. The molecule has 1 aromatic carbocycles. The molecular formula is C14H19NO4S. The zero-order valence-corrected chi connectivity index (χ0v) is 12.6. The molecule has 0 spiro atoms. The number of rotatable bonds is 6. The predicted molar refractivity (Wildman–Crippen MR) is 77.8 cm³/mol. The molecule has 5 nitrogen and oxygen atoms in total. The van der Waals surface area contributed by atoms with Crippen molar-refractivity contribution in [1.29, 1.82) is 0 Å². The van der Waals surface area contributed by atoms with Crippen LogP contribution in [0.15, 0.2) is 35.2 Å². The molecule has 0 aromatic heterocycles. The molecule has 0 aliphatic heterocycles. The summed E-state index contributed by atoms with van der Waals surface area (Å²) in [6.45, 7) is 5.85. The van der Waals surface area contributed by atoms with Crippen LogP contribution in [0.1, 0.15) is 26.3 Å². The summed E-state index contributed by atoms with van der Waals surface area (Å²) in [5, 5.41) is 8.54. The van der Waals surface area contributed by atoms with E-state index in [1.54, 1.807) is 19.1 Å². The highest BCUT2D eigenvalue weighted by Gasteiger charge is 2.25. The maximum atomic E-state index is 12.4. The van der Waals surface area contributed by atoms with Crippen LogP contribution in [0.4, 0.5) is 0 Å². The van der Waals surface area contributed by atoms with Gasteiger partial charge in [-0.2, -0.15) is 4.31 Å². The second-order valence-corrected chi connectivity index (χ2v) is 6.43. The van der Waals surface area contributed by atoms with E-state index in [0.29, 0.717) is 12.1 Å². The number of hydrogen-bond acceptors (Lipinski definition) is 3. The van der Waals surface area contributed by atoms with Crippen molar-refractivity contribution in [3.63, 3.8) is 0 Å². The molecule has 0 fully saturated rings. The summed E-state index contributed by atoms with van der Waals surface area (Å²) in [5.41, 5.74) is 0.638. The van der Waals surface area contributed by atoms with Crippen molar-refractivity contribution in [2.24, 2.45) is 0 Å². The molecule has 0 saturated carbocycles. The molecule has 1 N–H and O–H groups in total. The first-order valence-corrected chi connectivity index (χ1v) is 7.76. The van der Waals surface area contributed by atoms with Gasteiger partial charge >= 0.3 is 5.97 Å². The third-order valence-electron chi connectivity index (χ3n) is 2.79. The zero-order chi connectivity index (χ0) is 15.3. The van der Waals surface area contributed by atoms with Crippen LogP contribution >= 0.6 is 0 Å². The lowest BCUT2D eigenvalue weighted by molar-refractivity contribution is -0.131. The smallest absolute Gasteiger partial charge is 0.328 e. The first-order valence-electron chi connectivity index (χ1n) is 6.32. The fourth-order valence-corrected chi connectivity index (χ4v) is 3.51. The van der Waals surface area contributed by atoms with Crippen LogP contribution in [0, 0.1) is 0 Å². The quantitative estimate of drug-likeness (QED) is 0.817. The molecule has 110 valence electrons. The van der Waals surface area contributed by atoms with E-state index in [1.807, 2.05) is 13.8 Å². The van der Waals surface area contributed by atoms with E-state index >= 15 is 0 Å². The lowest BCUT2D eigenvalue weighted by Gasteiger charge is -2.24. The van der Waals surface area contributed by atoms with Crippen LogP contribution in [0.3, 0.4) is 0 Å².